The lowest BCUT2D eigenvalue weighted by Gasteiger charge is -2.29. The Morgan fingerprint density at radius 3 is 2.86 bits per heavy atom. The molecule has 0 spiro atoms. The molecule has 4 heteroatoms. The van der Waals surface area contributed by atoms with Crippen LogP contribution in [-0.2, 0) is 7.05 Å². The van der Waals surface area contributed by atoms with Gasteiger partial charge in [0.05, 0.1) is 6.20 Å². The van der Waals surface area contributed by atoms with E-state index in [-0.39, 0.29) is 0 Å². The zero-order valence-corrected chi connectivity index (χ0v) is 8.90. The van der Waals surface area contributed by atoms with E-state index >= 15 is 0 Å². The van der Waals surface area contributed by atoms with Crippen molar-refractivity contribution >= 4 is 5.82 Å². The van der Waals surface area contributed by atoms with E-state index in [2.05, 4.69) is 22.6 Å². The van der Waals surface area contributed by atoms with Crippen molar-refractivity contribution in [3.63, 3.8) is 0 Å². The molecule has 2 atom stereocenters. The number of rotatable bonds is 2. The fourth-order valence-electron chi connectivity index (χ4n) is 2.14. The topological polar surface area (TPSA) is 42.7 Å². The fraction of sp³-hybridized carbons (Fsp3) is 0.800. The molecule has 14 heavy (non-hydrogen) atoms. The largest absolute Gasteiger partial charge is 0.366 e. The van der Waals surface area contributed by atoms with Gasteiger partial charge in [0.1, 0.15) is 5.82 Å². The molecule has 1 N–H and O–H groups in total. The first-order valence-corrected chi connectivity index (χ1v) is 5.38. The Balaban J connectivity index is 1.99. The van der Waals surface area contributed by atoms with Gasteiger partial charge >= 0.3 is 0 Å². The van der Waals surface area contributed by atoms with E-state index in [1.54, 1.807) is 10.9 Å². The first-order chi connectivity index (χ1) is 6.77. The van der Waals surface area contributed by atoms with Crippen molar-refractivity contribution < 1.29 is 0 Å². The molecular formula is C10H18N4. The van der Waals surface area contributed by atoms with Crippen molar-refractivity contribution in [3.8, 4) is 0 Å². The Labute approximate surface area is 84.7 Å². The van der Waals surface area contributed by atoms with Gasteiger partial charge in [-0.3, -0.25) is 0 Å². The van der Waals surface area contributed by atoms with E-state index in [0.29, 0.717) is 6.04 Å². The third-order valence-electron chi connectivity index (χ3n) is 3.16. The Kier molecular flexibility index (Phi) is 2.70. The maximum absolute atomic E-state index is 3.91. The molecule has 0 aromatic carbocycles. The highest BCUT2D eigenvalue weighted by Crippen LogP contribution is 2.26. The highest BCUT2D eigenvalue weighted by Gasteiger charge is 2.21. The lowest BCUT2D eigenvalue weighted by molar-refractivity contribution is 0.348. The van der Waals surface area contributed by atoms with Gasteiger partial charge in [-0.2, -0.15) is 0 Å². The molecule has 1 aliphatic rings. The lowest BCUT2D eigenvalue weighted by atomic mass is 9.86. The molecule has 1 aromatic rings. The van der Waals surface area contributed by atoms with Crippen LogP contribution >= 0.6 is 0 Å². The van der Waals surface area contributed by atoms with Crippen molar-refractivity contribution in [2.45, 2.75) is 38.6 Å². The highest BCUT2D eigenvalue weighted by molar-refractivity contribution is 5.32. The minimum atomic E-state index is 0.598. The number of aromatic nitrogens is 3. The van der Waals surface area contributed by atoms with Crippen molar-refractivity contribution in [1.82, 2.24) is 15.0 Å². The van der Waals surface area contributed by atoms with Gasteiger partial charge in [0.2, 0.25) is 0 Å². The summed E-state index contributed by atoms with van der Waals surface area (Å²) in [6.07, 6.45) is 7.12. The zero-order chi connectivity index (χ0) is 9.97. The third kappa shape index (κ3) is 1.89. The quantitative estimate of drug-likeness (QED) is 0.780. The summed E-state index contributed by atoms with van der Waals surface area (Å²) in [7, 11) is 1.92. The molecule has 0 saturated heterocycles. The summed E-state index contributed by atoms with van der Waals surface area (Å²) in [4.78, 5) is 0. The minimum absolute atomic E-state index is 0.598. The summed E-state index contributed by atoms with van der Waals surface area (Å²) in [5, 5.41) is 11.3. The molecule has 78 valence electrons. The van der Waals surface area contributed by atoms with Gasteiger partial charge in [-0.15, -0.1) is 5.10 Å². The molecule has 1 saturated carbocycles. The first-order valence-electron chi connectivity index (χ1n) is 5.38. The second kappa shape index (κ2) is 3.98. The van der Waals surface area contributed by atoms with Crippen molar-refractivity contribution in [1.29, 1.82) is 0 Å². The molecule has 1 aromatic heterocycles. The van der Waals surface area contributed by atoms with E-state index in [1.807, 2.05) is 7.05 Å². The van der Waals surface area contributed by atoms with Gasteiger partial charge in [-0.1, -0.05) is 25.0 Å². The van der Waals surface area contributed by atoms with Crippen molar-refractivity contribution in [2.75, 3.05) is 5.32 Å². The fourth-order valence-corrected chi connectivity index (χ4v) is 2.14. The summed E-state index contributed by atoms with van der Waals surface area (Å²) < 4.78 is 1.79. The van der Waals surface area contributed by atoms with Crippen LogP contribution in [0, 0.1) is 5.92 Å². The molecular weight excluding hydrogens is 176 g/mol. The number of hydrogen-bond acceptors (Lipinski definition) is 3. The molecule has 0 bridgehead atoms. The molecule has 0 radical (unpaired) electrons. The van der Waals surface area contributed by atoms with Gasteiger partial charge in [0, 0.05) is 13.1 Å². The highest BCUT2D eigenvalue weighted by atomic mass is 15.4. The Hall–Kier alpha value is -1.06. The standard InChI is InChI=1S/C10H18N4/c1-8-5-3-4-6-9(8)12-10-7-11-13-14(10)2/h7-9,12H,3-6H2,1-2H3. The average Bonchev–Trinajstić information content (AvgIpc) is 2.56. The lowest BCUT2D eigenvalue weighted by Crippen LogP contribution is -2.31. The Morgan fingerprint density at radius 1 is 1.43 bits per heavy atom. The van der Waals surface area contributed by atoms with Gasteiger partial charge in [-0.05, 0) is 18.8 Å². The minimum Gasteiger partial charge on any atom is -0.366 e. The van der Waals surface area contributed by atoms with E-state index in [1.165, 1.54) is 25.7 Å². The maximum atomic E-state index is 3.91. The summed E-state index contributed by atoms with van der Waals surface area (Å²) >= 11 is 0. The molecule has 2 unspecified atom stereocenters. The zero-order valence-electron chi connectivity index (χ0n) is 8.90. The smallest absolute Gasteiger partial charge is 0.144 e. The monoisotopic (exact) mass is 194 g/mol. The van der Waals surface area contributed by atoms with Crippen LogP contribution in [0.25, 0.3) is 0 Å². The molecule has 1 aliphatic carbocycles. The van der Waals surface area contributed by atoms with Crippen LogP contribution in [0.1, 0.15) is 32.6 Å². The van der Waals surface area contributed by atoms with Crippen molar-refractivity contribution in [2.24, 2.45) is 13.0 Å². The van der Waals surface area contributed by atoms with Crippen LogP contribution in [-0.4, -0.2) is 21.0 Å². The molecule has 2 rings (SSSR count). The normalized spacial score (nSPS) is 27.6. The number of nitrogens with one attached hydrogen (secondary N) is 1. The Bertz CT molecular complexity index is 294. The average molecular weight is 194 g/mol. The first kappa shape index (κ1) is 9.49. The molecule has 4 nitrogen and oxygen atoms in total. The summed E-state index contributed by atoms with van der Waals surface area (Å²) in [5.41, 5.74) is 0. The van der Waals surface area contributed by atoms with Gasteiger partial charge in [0.25, 0.3) is 0 Å². The number of anilines is 1. The van der Waals surface area contributed by atoms with Crippen LogP contribution in [0.5, 0.6) is 0 Å². The number of aryl methyl sites for hydroxylation is 1. The van der Waals surface area contributed by atoms with Crippen LogP contribution in [0.4, 0.5) is 5.82 Å². The molecule has 0 amide bonds. The van der Waals surface area contributed by atoms with Gasteiger partial charge in [0.15, 0.2) is 0 Å². The summed E-state index contributed by atoms with van der Waals surface area (Å²) in [5.74, 6) is 1.79. The summed E-state index contributed by atoms with van der Waals surface area (Å²) in [6, 6.07) is 0.598. The molecule has 1 heterocycles. The SMILES string of the molecule is CC1CCCCC1Nc1cnnn1C. The van der Waals surface area contributed by atoms with E-state index in [9.17, 15) is 0 Å². The Morgan fingerprint density at radius 2 is 2.21 bits per heavy atom. The van der Waals surface area contributed by atoms with E-state index < -0.39 is 0 Å². The van der Waals surface area contributed by atoms with E-state index in [0.717, 1.165) is 11.7 Å². The van der Waals surface area contributed by atoms with Crippen molar-refractivity contribution in [3.05, 3.63) is 6.20 Å². The number of nitrogens with zero attached hydrogens (tertiary/aromatic N) is 3. The van der Waals surface area contributed by atoms with Crippen LogP contribution in [0.3, 0.4) is 0 Å². The molecule has 1 fully saturated rings. The van der Waals surface area contributed by atoms with Gasteiger partial charge < -0.3 is 5.32 Å². The number of hydrogen-bond donors (Lipinski definition) is 1. The maximum Gasteiger partial charge on any atom is 0.144 e. The van der Waals surface area contributed by atoms with Gasteiger partial charge in [-0.25, -0.2) is 4.68 Å². The van der Waals surface area contributed by atoms with Crippen LogP contribution in [0.2, 0.25) is 0 Å². The second-order valence-corrected chi connectivity index (χ2v) is 4.26. The van der Waals surface area contributed by atoms with Crippen LogP contribution in [0.15, 0.2) is 6.20 Å². The summed E-state index contributed by atoms with van der Waals surface area (Å²) in [6.45, 7) is 2.32. The third-order valence-corrected chi connectivity index (χ3v) is 3.16. The molecule has 0 aliphatic heterocycles. The predicted octanol–water partition coefficient (Wildman–Crippen LogP) is 1.81. The second-order valence-electron chi connectivity index (χ2n) is 4.26. The van der Waals surface area contributed by atoms with Crippen LogP contribution < -0.4 is 5.32 Å². The van der Waals surface area contributed by atoms with E-state index in [4.69, 9.17) is 0 Å². The predicted molar refractivity (Wildman–Crippen MR) is 56.0 cm³/mol.